The Morgan fingerprint density at radius 2 is 2.06 bits per heavy atom. The minimum Gasteiger partial charge on any atom is -0.508 e. The Morgan fingerprint density at radius 3 is 2.65 bits per heavy atom. The summed E-state index contributed by atoms with van der Waals surface area (Å²) in [6.07, 6.45) is -0.483. The van der Waals surface area contributed by atoms with Crippen molar-refractivity contribution in [3.8, 4) is 5.75 Å². The van der Waals surface area contributed by atoms with E-state index in [1.54, 1.807) is 24.3 Å². The highest BCUT2D eigenvalue weighted by Gasteiger charge is 2.32. The number of oxime groups is 1. The van der Waals surface area contributed by atoms with Gasteiger partial charge in [0.2, 0.25) is 0 Å². The van der Waals surface area contributed by atoms with E-state index in [0.717, 1.165) is 11.3 Å². The highest BCUT2D eigenvalue weighted by atomic mass is 16.6. The third-order valence-corrected chi connectivity index (χ3v) is 2.81. The largest absolute Gasteiger partial charge is 0.508 e. The minimum absolute atomic E-state index is 0.0632. The first-order valence-electron chi connectivity index (χ1n) is 5.33. The molecule has 2 unspecified atom stereocenters. The van der Waals surface area contributed by atoms with Gasteiger partial charge in [-0.15, -0.1) is 0 Å². The Labute approximate surface area is 98.3 Å². The highest BCUT2D eigenvalue weighted by Crippen LogP contribution is 2.25. The van der Waals surface area contributed by atoms with Gasteiger partial charge in [0.25, 0.3) is 0 Å². The lowest BCUT2D eigenvalue weighted by Crippen LogP contribution is -2.23. The highest BCUT2D eigenvalue weighted by molar-refractivity contribution is 6.03. The molecule has 0 fully saturated rings. The topological polar surface area (TPSA) is 79.1 Å². The van der Waals surface area contributed by atoms with Gasteiger partial charge >= 0.3 is 5.97 Å². The quantitative estimate of drug-likeness (QED) is 0.834. The molecule has 2 atom stereocenters. The zero-order valence-corrected chi connectivity index (χ0v) is 9.33. The van der Waals surface area contributed by atoms with E-state index in [1.807, 2.05) is 6.92 Å². The molecule has 0 spiro atoms. The molecule has 2 rings (SSSR count). The Kier molecular flexibility index (Phi) is 2.99. The number of hydrogen-bond donors (Lipinski definition) is 2. The van der Waals surface area contributed by atoms with Crippen LogP contribution in [0.3, 0.4) is 0 Å². The lowest BCUT2D eigenvalue weighted by molar-refractivity contribution is -0.140. The molecule has 17 heavy (non-hydrogen) atoms. The van der Waals surface area contributed by atoms with E-state index >= 15 is 0 Å². The molecule has 1 aromatic carbocycles. The molecule has 1 aliphatic heterocycles. The number of carbonyl (C=O) groups is 1. The summed E-state index contributed by atoms with van der Waals surface area (Å²) in [7, 11) is 0. The van der Waals surface area contributed by atoms with Crippen LogP contribution in [0.15, 0.2) is 29.4 Å². The van der Waals surface area contributed by atoms with Gasteiger partial charge in [0.05, 0.1) is 12.1 Å². The molecule has 2 N–H and O–H groups in total. The Balaban J connectivity index is 2.14. The average Bonchev–Trinajstić information content (AvgIpc) is 2.61. The number of aromatic hydroxyl groups is 1. The molecule has 0 saturated heterocycles. The lowest BCUT2D eigenvalue weighted by Gasteiger charge is -2.12. The van der Waals surface area contributed by atoms with Gasteiger partial charge in [0.15, 0.2) is 0 Å². The minimum atomic E-state index is -0.899. The molecule has 0 aliphatic carbocycles. The Morgan fingerprint density at radius 1 is 1.41 bits per heavy atom. The first kappa shape index (κ1) is 11.4. The van der Waals surface area contributed by atoms with Crippen molar-refractivity contribution in [3.63, 3.8) is 0 Å². The van der Waals surface area contributed by atoms with Gasteiger partial charge in [0.1, 0.15) is 11.9 Å². The molecule has 0 saturated carbocycles. The Hall–Kier alpha value is -2.04. The van der Waals surface area contributed by atoms with Gasteiger partial charge in [-0.3, -0.25) is 4.79 Å². The van der Waals surface area contributed by atoms with Crippen molar-refractivity contribution in [2.45, 2.75) is 19.4 Å². The fraction of sp³-hybridized carbons (Fsp3) is 0.333. The smallest absolute Gasteiger partial charge is 0.307 e. The predicted molar refractivity (Wildman–Crippen MR) is 60.9 cm³/mol. The molecule has 0 aromatic heterocycles. The summed E-state index contributed by atoms with van der Waals surface area (Å²) in [4.78, 5) is 15.7. The number of aliphatic carboxylic acids is 1. The molecule has 0 amide bonds. The standard InChI is InChI=1S/C12H13NO4/c1-7-10(6-11(15)16)17-13-12(7)8-2-4-9(14)5-3-8/h2-5,7,10,14H,6H2,1H3,(H,15,16). The fourth-order valence-electron chi connectivity index (χ4n) is 1.81. The number of carboxylic acids is 1. The number of carboxylic acid groups (broad SMARTS) is 1. The zero-order chi connectivity index (χ0) is 12.4. The van der Waals surface area contributed by atoms with E-state index in [1.165, 1.54) is 0 Å². The van der Waals surface area contributed by atoms with Gasteiger partial charge in [-0.1, -0.05) is 12.1 Å². The molecule has 0 bridgehead atoms. The second-order valence-electron chi connectivity index (χ2n) is 4.05. The van der Waals surface area contributed by atoms with Crippen LogP contribution in [0.5, 0.6) is 5.75 Å². The molecular formula is C12H13NO4. The van der Waals surface area contributed by atoms with E-state index in [4.69, 9.17) is 9.94 Å². The number of rotatable bonds is 3. The van der Waals surface area contributed by atoms with E-state index < -0.39 is 12.1 Å². The maximum Gasteiger partial charge on any atom is 0.307 e. The van der Waals surface area contributed by atoms with Crippen LogP contribution in [0.4, 0.5) is 0 Å². The Bertz CT molecular complexity index is 452. The van der Waals surface area contributed by atoms with Crippen LogP contribution in [0.2, 0.25) is 0 Å². The number of phenolic OH excluding ortho intramolecular Hbond substituents is 1. The van der Waals surface area contributed by atoms with Crippen LogP contribution in [-0.4, -0.2) is 28.0 Å². The first-order chi connectivity index (χ1) is 8.08. The summed E-state index contributed by atoms with van der Waals surface area (Å²) in [5.41, 5.74) is 1.56. The van der Waals surface area contributed by atoms with E-state index in [9.17, 15) is 9.90 Å². The summed E-state index contributed by atoms with van der Waals surface area (Å²) < 4.78 is 0. The summed E-state index contributed by atoms with van der Waals surface area (Å²) >= 11 is 0. The second kappa shape index (κ2) is 4.45. The summed E-state index contributed by atoms with van der Waals surface area (Å²) in [5.74, 6) is -0.789. The first-order valence-corrected chi connectivity index (χ1v) is 5.33. The number of hydrogen-bond acceptors (Lipinski definition) is 4. The van der Waals surface area contributed by atoms with Crippen LogP contribution in [-0.2, 0) is 9.63 Å². The molecule has 5 nitrogen and oxygen atoms in total. The van der Waals surface area contributed by atoms with Crippen molar-refractivity contribution in [3.05, 3.63) is 29.8 Å². The summed E-state index contributed by atoms with van der Waals surface area (Å²) in [6, 6.07) is 6.60. The monoisotopic (exact) mass is 235 g/mol. The maximum atomic E-state index is 10.6. The van der Waals surface area contributed by atoms with Gasteiger partial charge < -0.3 is 15.1 Å². The van der Waals surface area contributed by atoms with Crippen molar-refractivity contribution in [2.24, 2.45) is 11.1 Å². The molecule has 90 valence electrons. The molecule has 0 radical (unpaired) electrons. The predicted octanol–water partition coefficient (Wildman–Crippen LogP) is 1.61. The van der Waals surface area contributed by atoms with Crippen LogP contribution in [0, 0.1) is 5.92 Å². The second-order valence-corrected chi connectivity index (χ2v) is 4.05. The van der Waals surface area contributed by atoms with Crippen molar-refractivity contribution < 1.29 is 19.8 Å². The lowest BCUT2D eigenvalue weighted by atomic mass is 9.93. The van der Waals surface area contributed by atoms with Gasteiger partial charge in [-0.2, -0.15) is 0 Å². The molecule has 1 aromatic rings. The van der Waals surface area contributed by atoms with Crippen molar-refractivity contribution >= 4 is 11.7 Å². The molecule has 1 aliphatic rings. The summed E-state index contributed by atoms with van der Waals surface area (Å²) in [5, 5.41) is 21.8. The van der Waals surface area contributed by atoms with E-state index in [2.05, 4.69) is 5.16 Å². The van der Waals surface area contributed by atoms with Gasteiger partial charge in [0, 0.05) is 5.92 Å². The third kappa shape index (κ3) is 2.38. The van der Waals surface area contributed by atoms with Crippen molar-refractivity contribution in [2.75, 3.05) is 0 Å². The fourth-order valence-corrected chi connectivity index (χ4v) is 1.81. The van der Waals surface area contributed by atoms with Crippen LogP contribution in [0.25, 0.3) is 0 Å². The van der Waals surface area contributed by atoms with Crippen LogP contribution in [0.1, 0.15) is 18.9 Å². The molecule has 5 heteroatoms. The van der Waals surface area contributed by atoms with Gasteiger partial charge in [-0.05, 0) is 29.8 Å². The van der Waals surface area contributed by atoms with Crippen LogP contribution < -0.4 is 0 Å². The van der Waals surface area contributed by atoms with Gasteiger partial charge in [-0.25, -0.2) is 0 Å². The molecular weight excluding hydrogens is 222 g/mol. The average molecular weight is 235 g/mol. The van der Waals surface area contributed by atoms with Crippen LogP contribution >= 0.6 is 0 Å². The number of phenols is 1. The van der Waals surface area contributed by atoms with E-state index in [-0.39, 0.29) is 18.1 Å². The number of nitrogens with zero attached hydrogens (tertiary/aromatic N) is 1. The normalized spacial score (nSPS) is 23.0. The SMILES string of the molecule is CC1C(c2ccc(O)cc2)=NOC1CC(=O)O. The number of benzene rings is 1. The third-order valence-electron chi connectivity index (χ3n) is 2.81. The maximum absolute atomic E-state index is 10.6. The summed E-state index contributed by atoms with van der Waals surface area (Å²) in [6.45, 7) is 1.88. The zero-order valence-electron chi connectivity index (χ0n) is 9.33. The van der Waals surface area contributed by atoms with E-state index in [0.29, 0.717) is 0 Å². The van der Waals surface area contributed by atoms with Crippen molar-refractivity contribution in [1.29, 1.82) is 0 Å². The van der Waals surface area contributed by atoms with Crippen molar-refractivity contribution in [1.82, 2.24) is 0 Å². The molecule has 1 heterocycles.